The molecule has 3 unspecified atom stereocenters. The van der Waals surface area contributed by atoms with E-state index in [1.54, 1.807) is 0 Å². The Morgan fingerprint density at radius 3 is 2.75 bits per heavy atom. The van der Waals surface area contributed by atoms with Gasteiger partial charge >= 0.3 is 0 Å². The van der Waals surface area contributed by atoms with E-state index in [9.17, 15) is 4.79 Å². The van der Waals surface area contributed by atoms with Crippen LogP contribution in [0.25, 0.3) is 0 Å². The molecule has 3 atom stereocenters. The number of carbonyl (C=O) groups excluding carboxylic acids is 1. The maximum atomic E-state index is 12.0. The van der Waals surface area contributed by atoms with Crippen LogP contribution in [0.15, 0.2) is 0 Å². The third-order valence-electron chi connectivity index (χ3n) is 4.92. The van der Waals surface area contributed by atoms with E-state index < -0.39 is 0 Å². The minimum Gasteiger partial charge on any atom is -0.356 e. The maximum Gasteiger partial charge on any atom is 0.223 e. The van der Waals surface area contributed by atoms with Crippen molar-refractivity contribution < 1.29 is 4.79 Å². The van der Waals surface area contributed by atoms with Crippen LogP contribution in [-0.2, 0) is 4.79 Å². The standard InChI is InChI=1S/C13H22N2O/c1-9-6-10(9)8-15-12(16)11-7-13(11)2-4-14-5-3-13/h9-11,14H,2-8H2,1H3,(H,15,16). The third kappa shape index (κ3) is 1.86. The highest BCUT2D eigenvalue weighted by molar-refractivity contribution is 5.82. The maximum absolute atomic E-state index is 12.0. The summed E-state index contributed by atoms with van der Waals surface area (Å²) >= 11 is 0. The van der Waals surface area contributed by atoms with Crippen molar-refractivity contribution in [2.45, 2.75) is 32.6 Å². The summed E-state index contributed by atoms with van der Waals surface area (Å²) in [6, 6.07) is 0. The minimum absolute atomic E-state index is 0.334. The Hall–Kier alpha value is -0.570. The monoisotopic (exact) mass is 222 g/mol. The number of rotatable bonds is 3. The molecule has 1 spiro atoms. The molecule has 90 valence electrons. The molecule has 0 radical (unpaired) electrons. The fraction of sp³-hybridized carbons (Fsp3) is 0.923. The lowest BCUT2D eigenvalue weighted by Crippen LogP contribution is -2.34. The SMILES string of the molecule is CC1CC1CNC(=O)C1CC12CCNCC2. The van der Waals surface area contributed by atoms with Crippen LogP contribution in [-0.4, -0.2) is 25.5 Å². The third-order valence-corrected chi connectivity index (χ3v) is 4.92. The van der Waals surface area contributed by atoms with E-state index >= 15 is 0 Å². The minimum atomic E-state index is 0.334. The summed E-state index contributed by atoms with van der Waals surface area (Å²) in [6.07, 6.45) is 4.84. The van der Waals surface area contributed by atoms with Gasteiger partial charge in [0.2, 0.25) is 5.91 Å². The van der Waals surface area contributed by atoms with E-state index in [1.165, 1.54) is 19.3 Å². The molecule has 3 fully saturated rings. The van der Waals surface area contributed by atoms with Gasteiger partial charge in [0.25, 0.3) is 0 Å². The highest BCUT2D eigenvalue weighted by atomic mass is 16.2. The molecule has 16 heavy (non-hydrogen) atoms. The number of nitrogens with one attached hydrogen (secondary N) is 2. The molecule has 2 aliphatic carbocycles. The zero-order valence-corrected chi connectivity index (χ0v) is 10.1. The van der Waals surface area contributed by atoms with Crippen molar-refractivity contribution in [1.29, 1.82) is 0 Å². The molecule has 0 bridgehead atoms. The van der Waals surface area contributed by atoms with Crippen molar-refractivity contribution in [3.63, 3.8) is 0 Å². The highest BCUT2D eigenvalue weighted by Gasteiger charge is 2.57. The summed E-state index contributed by atoms with van der Waals surface area (Å²) in [5, 5.41) is 6.52. The van der Waals surface area contributed by atoms with Crippen molar-refractivity contribution in [3.05, 3.63) is 0 Å². The second-order valence-electron chi connectivity index (χ2n) is 6.09. The first-order chi connectivity index (χ1) is 7.71. The Kier molecular flexibility index (Phi) is 2.46. The summed E-state index contributed by atoms with van der Waals surface area (Å²) < 4.78 is 0. The smallest absolute Gasteiger partial charge is 0.223 e. The Morgan fingerprint density at radius 1 is 1.44 bits per heavy atom. The molecule has 3 heteroatoms. The zero-order valence-electron chi connectivity index (χ0n) is 10.1. The lowest BCUT2D eigenvalue weighted by Gasteiger charge is -2.23. The van der Waals surface area contributed by atoms with E-state index in [2.05, 4.69) is 17.6 Å². The van der Waals surface area contributed by atoms with Crippen LogP contribution < -0.4 is 10.6 Å². The fourth-order valence-corrected chi connectivity index (χ4v) is 3.23. The molecule has 1 heterocycles. The van der Waals surface area contributed by atoms with E-state index in [0.717, 1.165) is 37.9 Å². The highest BCUT2D eigenvalue weighted by Crippen LogP contribution is 2.58. The predicted octanol–water partition coefficient (Wildman–Crippen LogP) is 1.15. The summed E-state index contributed by atoms with van der Waals surface area (Å²) in [5.41, 5.74) is 0.393. The molecule has 1 saturated heterocycles. The topological polar surface area (TPSA) is 41.1 Å². The molecular formula is C13H22N2O. The molecule has 3 nitrogen and oxygen atoms in total. The van der Waals surface area contributed by atoms with E-state index in [4.69, 9.17) is 0 Å². The van der Waals surface area contributed by atoms with Gasteiger partial charge in [-0.3, -0.25) is 4.79 Å². The summed E-state index contributed by atoms with van der Waals surface area (Å²) in [7, 11) is 0. The molecule has 0 aromatic heterocycles. The summed E-state index contributed by atoms with van der Waals surface area (Å²) in [4.78, 5) is 12.0. The number of carbonyl (C=O) groups is 1. The van der Waals surface area contributed by atoms with Crippen LogP contribution in [0.2, 0.25) is 0 Å². The largest absolute Gasteiger partial charge is 0.356 e. The first kappa shape index (κ1) is 10.6. The molecule has 0 aromatic carbocycles. The number of hydrogen-bond donors (Lipinski definition) is 2. The van der Waals surface area contributed by atoms with E-state index in [-0.39, 0.29) is 0 Å². The lowest BCUT2D eigenvalue weighted by atomic mass is 9.92. The van der Waals surface area contributed by atoms with Gasteiger partial charge in [-0.15, -0.1) is 0 Å². The van der Waals surface area contributed by atoms with Crippen LogP contribution in [0.4, 0.5) is 0 Å². The zero-order chi connectivity index (χ0) is 11.2. The van der Waals surface area contributed by atoms with Crippen LogP contribution >= 0.6 is 0 Å². The predicted molar refractivity (Wildman–Crippen MR) is 62.9 cm³/mol. The molecular weight excluding hydrogens is 200 g/mol. The van der Waals surface area contributed by atoms with Crippen LogP contribution in [0.1, 0.15) is 32.6 Å². The van der Waals surface area contributed by atoms with Gasteiger partial charge in [-0.05, 0) is 56.0 Å². The van der Waals surface area contributed by atoms with Crippen molar-refractivity contribution in [3.8, 4) is 0 Å². The fourth-order valence-electron chi connectivity index (χ4n) is 3.23. The van der Waals surface area contributed by atoms with Gasteiger partial charge in [-0.1, -0.05) is 6.92 Å². The van der Waals surface area contributed by atoms with E-state index in [0.29, 0.717) is 17.2 Å². The van der Waals surface area contributed by atoms with Crippen molar-refractivity contribution in [2.24, 2.45) is 23.2 Å². The van der Waals surface area contributed by atoms with Gasteiger partial charge in [0.05, 0.1) is 0 Å². The van der Waals surface area contributed by atoms with E-state index in [1.807, 2.05) is 0 Å². The second kappa shape index (κ2) is 3.73. The molecule has 3 rings (SSSR count). The number of amides is 1. The average Bonchev–Trinajstić information content (AvgIpc) is 3.16. The number of piperidine rings is 1. The Bertz CT molecular complexity index is 296. The van der Waals surface area contributed by atoms with Crippen molar-refractivity contribution in [2.75, 3.05) is 19.6 Å². The Morgan fingerprint density at radius 2 is 2.12 bits per heavy atom. The normalized spacial score (nSPS) is 39.4. The van der Waals surface area contributed by atoms with Crippen LogP contribution in [0, 0.1) is 23.2 Å². The van der Waals surface area contributed by atoms with Gasteiger partial charge in [0.15, 0.2) is 0 Å². The lowest BCUT2D eigenvalue weighted by molar-refractivity contribution is -0.123. The second-order valence-corrected chi connectivity index (χ2v) is 6.09. The Labute approximate surface area is 97.4 Å². The first-order valence-electron chi connectivity index (χ1n) is 6.70. The van der Waals surface area contributed by atoms with Gasteiger partial charge in [-0.2, -0.15) is 0 Å². The molecule has 1 aliphatic heterocycles. The summed E-state index contributed by atoms with van der Waals surface area (Å²) in [6.45, 7) is 5.39. The Balaban J connectivity index is 1.45. The molecule has 0 aromatic rings. The number of hydrogen-bond acceptors (Lipinski definition) is 2. The molecule has 1 amide bonds. The molecule has 2 N–H and O–H groups in total. The quantitative estimate of drug-likeness (QED) is 0.752. The van der Waals surface area contributed by atoms with Crippen molar-refractivity contribution >= 4 is 5.91 Å². The molecule has 2 saturated carbocycles. The molecule has 3 aliphatic rings. The van der Waals surface area contributed by atoms with Crippen LogP contribution in [0.3, 0.4) is 0 Å². The van der Waals surface area contributed by atoms with Gasteiger partial charge in [-0.25, -0.2) is 0 Å². The van der Waals surface area contributed by atoms with Gasteiger partial charge in [0.1, 0.15) is 0 Å². The van der Waals surface area contributed by atoms with Crippen LogP contribution in [0.5, 0.6) is 0 Å². The summed E-state index contributed by atoms with van der Waals surface area (Å²) in [5.74, 6) is 2.28. The average molecular weight is 222 g/mol. The van der Waals surface area contributed by atoms with Gasteiger partial charge in [0, 0.05) is 12.5 Å². The van der Waals surface area contributed by atoms with Crippen molar-refractivity contribution in [1.82, 2.24) is 10.6 Å². The van der Waals surface area contributed by atoms with Gasteiger partial charge < -0.3 is 10.6 Å². The first-order valence-corrected chi connectivity index (χ1v) is 6.70.